The van der Waals surface area contributed by atoms with Gasteiger partial charge in [0.1, 0.15) is 17.9 Å². The topological polar surface area (TPSA) is 122 Å². The molecule has 0 radical (unpaired) electrons. The number of aliphatic carboxylic acids is 1. The number of carbonyl (C=O) groups excluding carboxylic acids is 1. The molecular weight excluding hydrogens is 294 g/mol. The first kappa shape index (κ1) is 17.4. The van der Waals surface area contributed by atoms with Crippen LogP contribution in [0.3, 0.4) is 0 Å². The molecule has 1 amide bonds. The molecule has 8 nitrogen and oxygen atoms in total. The molecule has 3 N–H and O–H groups in total. The standard InChI is InChI=1S/C14H17NO7/c1-21-6-7-22-11-3-2-9(8-10(11)14(19)20)15-12(16)4-5-13(17)18/h2-3,8H,4-7H2,1H3,(H,15,16)(H,17,18)(H,19,20). The maximum Gasteiger partial charge on any atom is 0.339 e. The van der Waals surface area contributed by atoms with Crippen LogP contribution in [-0.4, -0.2) is 48.4 Å². The van der Waals surface area contributed by atoms with Gasteiger partial charge in [-0.3, -0.25) is 9.59 Å². The second-order valence-electron chi connectivity index (χ2n) is 4.30. The number of anilines is 1. The lowest BCUT2D eigenvalue weighted by Crippen LogP contribution is -2.14. The molecule has 8 heteroatoms. The predicted octanol–water partition coefficient (Wildman–Crippen LogP) is 1.21. The summed E-state index contributed by atoms with van der Waals surface area (Å²) in [6.45, 7) is 0.508. The number of amides is 1. The molecule has 0 saturated heterocycles. The van der Waals surface area contributed by atoms with Crippen molar-refractivity contribution < 1.29 is 34.1 Å². The molecule has 0 saturated carbocycles. The summed E-state index contributed by atoms with van der Waals surface area (Å²) in [6, 6.07) is 4.16. The Morgan fingerprint density at radius 3 is 2.45 bits per heavy atom. The first-order valence-corrected chi connectivity index (χ1v) is 6.44. The minimum atomic E-state index is -1.20. The largest absolute Gasteiger partial charge is 0.490 e. The molecule has 1 aromatic rings. The van der Waals surface area contributed by atoms with Crippen LogP contribution in [0.1, 0.15) is 23.2 Å². The molecule has 120 valence electrons. The second-order valence-corrected chi connectivity index (χ2v) is 4.30. The van der Waals surface area contributed by atoms with Crippen LogP contribution < -0.4 is 10.1 Å². The Morgan fingerprint density at radius 2 is 1.86 bits per heavy atom. The van der Waals surface area contributed by atoms with Gasteiger partial charge in [-0.15, -0.1) is 0 Å². The normalized spacial score (nSPS) is 10.0. The molecular formula is C14H17NO7. The highest BCUT2D eigenvalue weighted by Crippen LogP contribution is 2.23. The zero-order valence-corrected chi connectivity index (χ0v) is 12.0. The molecule has 22 heavy (non-hydrogen) atoms. The fourth-order valence-corrected chi connectivity index (χ4v) is 1.58. The molecule has 0 heterocycles. The smallest absolute Gasteiger partial charge is 0.339 e. The van der Waals surface area contributed by atoms with Crippen molar-refractivity contribution in [3.05, 3.63) is 23.8 Å². The molecule has 0 aliphatic carbocycles. The Kier molecular flexibility index (Phi) is 6.84. The van der Waals surface area contributed by atoms with E-state index in [1.165, 1.54) is 25.3 Å². The molecule has 0 fully saturated rings. The third-order valence-electron chi connectivity index (χ3n) is 2.60. The van der Waals surface area contributed by atoms with Crippen molar-refractivity contribution in [2.24, 2.45) is 0 Å². The van der Waals surface area contributed by atoms with E-state index < -0.39 is 17.8 Å². The Bertz CT molecular complexity index is 556. The van der Waals surface area contributed by atoms with Gasteiger partial charge in [-0.05, 0) is 18.2 Å². The van der Waals surface area contributed by atoms with E-state index in [9.17, 15) is 14.4 Å². The number of nitrogens with one attached hydrogen (secondary N) is 1. The number of hydrogen-bond donors (Lipinski definition) is 3. The second kappa shape index (κ2) is 8.63. The van der Waals surface area contributed by atoms with Crippen LogP contribution in [-0.2, 0) is 14.3 Å². The average molecular weight is 311 g/mol. The lowest BCUT2D eigenvalue weighted by molar-refractivity contribution is -0.138. The third-order valence-corrected chi connectivity index (χ3v) is 2.60. The first-order valence-electron chi connectivity index (χ1n) is 6.44. The number of carbonyl (C=O) groups is 3. The Labute approximate surface area is 126 Å². The van der Waals surface area contributed by atoms with Crippen LogP contribution in [0.4, 0.5) is 5.69 Å². The van der Waals surface area contributed by atoms with Gasteiger partial charge in [0, 0.05) is 19.2 Å². The predicted molar refractivity (Wildman–Crippen MR) is 76.3 cm³/mol. The van der Waals surface area contributed by atoms with Gasteiger partial charge in [0.05, 0.1) is 13.0 Å². The van der Waals surface area contributed by atoms with E-state index in [1.54, 1.807) is 0 Å². The molecule has 0 bridgehead atoms. The fourth-order valence-electron chi connectivity index (χ4n) is 1.58. The van der Waals surface area contributed by atoms with E-state index in [4.69, 9.17) is 19.7 Å². The summed E-state index contributed by atoms with van der Waals surface area (Å²) in [7, 11) is 1.50. The molecule has 0 aliphatic rings. The lowest BCUT2D eigenvalue weighted by Gasteiger charge is -2.11. The van der Waals surface area contributed by atoms with Crippen molar-refractivity contribution in [1.29, 1.82) is 0 Å². The van der Waals surface area contributed by atoms with Gasteiger partial charge < -0.3 is 25.0 Å². The first-order chi connectivity index (χ1) is 10.4. The fraction of sp³-hybridized carbons (Fsp3) is 0.357. The molecule has 1 aromatic carbocycles. The molecule has 1 rings (SSSR count). The van der Waals surface area contributed by atoms with Gasteiger partial charge >= 0.3 is 11.9 Å². The van der Waals surface area contributed by atoms with Crippen molar-refractivity contribution in [1.82, 2.24) is 0 Å². The summed E-state index contributed by atoms with van der Waals surface area (Å²) in [5, 5.41) is 20.1. The van der Waals surface area contributed by atoms with Gasteiger partial charge in [-0.1, -0.05) is 0 Å². The number of carboxylic acid groups (broad SMARTS) is 2. The third kappa shape index (κ3) is 5.80. The number of hydrogen-bond acceptors (Lipinski definition) is 5. The van der Waals surface area contributed by atoms with Crippen LogP contribution in [0.25, 0.3) is 0 Å². The van der Waals surface area contributed by atoms with E-state index in [-0.39, 0.29) is 36.4 Å². The molecule has 0 aliphatic heterocycles. The highest BCUT2D eigenvalue weighted by atomic mass is 16.5. The summed E-state index contributed by atoms with van der Waals surface area (Å²) in [5.74, 6) is -2.63. The highest BCUT2D eigenvalue weighted by Gasteiger charge is 2.14. The van der Waals surface area contributed by atoms with Crippen LogP contribution in [0, 0.1) is 0 Å². The van der Waals surface area contributed by atoms with E-state index >= 15 is 0 Å². The molecule has 0 aromatic heterocycles. The van der Waals surface area contributed by atoms with E-state index in [0.717, 1.165) is 0 Å². The maximum atomic E-state index is 11.5. The summed E-state index contributed by atoms with van der Waals surface area (Å²) in [6.07, 6.45) is -0.486. The van der Waals surface area contributed by atoms with Gasteiger partial charge in [0.2, 0.25) is 5.91 Å². The van der Waals surface area contributed by atoms with E-state index in [2.05, 4.69) is 5.32 Å². The van der Waals surface area contributed by atoms with Gasteiger partial charge in [-0.25, -0.2) is 4.79 Å². The Morgan fingerprint density at radius 1 is 1.14 bits per heavy atom. The van der Waals surface area contributed by atoms with Crippen molar-refractivity contribution >= 4 is 23.5 Å². The number of methoxy groups -OCH3 is 1. The van der Waals surface area contributed by atoms with E-state index in [1.807, 2.05) is 0 Å². The van der Waals surface area contributed by atoms with Gasteiger partial charge in [-0.2, -0.15) is 0 Å². The van der Waals surface area contributed by atoms with Gasteiger partial charge in [0.15, 0.2) is 0 Å². The van der Waals surface area contributed by atoms with Gasteiger partial charge in [0.25, 0.3) is 0 Å². The summed E-state index contributed by atoms with van der Waals surface area (Å²) in [5.41, 5.74) is 0.152. The van der Waals surface area contributed by atoms with Crippen LogP contribution in [0.15, 0.2) is 18.2 Å². The van der Waals surface area contributed by atoms with Crippen molar-refractivity contribution in [3.63, 3.8) is 0 Å². The number of carboxylic acids is 2. The number of aromatic carboxylic acids is 1. The number of ether oxygens (including phenoxy) is 2. The van der Waals surface area contributed by atoms with Crippen LogP contribution in [0.5, 0.6) is 5.75 Å². The van der Waals surface area contributed by atoms with Crippen LogP contribution in [0.2, 0.25) is 0 Å². The minimum Gasteiger partial charge on any atom is -0.490 e. The summed E-state index contributed by atoms with van der Waals surface area (Å²) >= 11 is 0. The minimum absolute atomic E-state index is 0.105. The monoisotopic (exact) mass is 311 g/mol. The lowest BCUT2D eigenvalue weighted by atomic mass is 10.1. The Hall–Kier alpha value is -2.61. The summed E-state index contributed by atoms with van der Waals surface area (Å²) in [4.78, 5) is 33.1. The summed E-state index contributed by atoms with van der Waals surface area (Å²) < 4.78 is 10.1. The number of rotatable bonds is 9. The maximum absolute atomic E-state index is 11.5. The van der Waals surface area contributed by atoms with Crippen molar-refractivity contribution in [2.75, 3.05) is 25.6 Å². The van der Waals surface area contributed by atoms with E-state index in [0.29, 0.717) is 6.61 Å². The quantitative estimate of drug-likeness (QED) is 0.586. The Balaban J connectivity index is 2.77. The van der Waals surface area contributed by atoms with Crippen LogP contribution >= 0.6 is 0 Å². The average Bonchev–Trinajstić information content (AvgIpc) is 2.46. The zero-order chi connectivity index (χ0) is 16.5. The number of benzene rings is 1. The zero-order valence-electron chi connectivity index (χ0n) is 12.0. The van der Waals surface area contributed by atoms with Crippen molar-refractivity contribution in [2.45, 2.75) is 12.8 Å². The molecule has 0 spiro atoms. The highest BCUT2D eigenvalue weighted by molar-refractivity contribution is 5.96. The SMILES string of the molecule is COCCOc1ccc(NC(=O)CCC(=O)O)cc1C(=O)O. The molecule has 0 unspecified atom stereocenters. The van der Waals surface area contributed by atoms with Crippen molar-refractivity contribution in [3.8, 4) is 5.75 Å². The molecule has 0 atom stereocenters.